The number of carbonyl (C=O) groups is 1. The molecule has 1 aromatic carbocycles. The normalized spacial score (nSPS) is 10.7. The van der Waals surface area contributed by atoms with Crippen molar-refractivity contribution in [2.45, 2.75) is 53.8 Å². The van der Waals surface area contributed by atoms with E-state index in [4.69, 9.17) is 10.2 Å². The first-order chi connectivity index (χ1) is 10.2. The smallest absolute Gasteiger partial charge is 0.311 e. The number of phenols is 1. The summed E-state index contributed by atoms with van der Waals surface area (Å²) < 4.78 is 4.63. The molecule has 0 amide bonds. The van der Waals surface area contributed by atoms with Gasteiger partial charge in [-0.3, -0.25) is 4.79 Å². The molecule has 5 nitrogen and oxygen atoms in total. The molecule has 0 aromatic heterocycles. The summed E-state index contributed by atoms with van der Waals surface area (Å²) in [5.41, 5.74) is 1.53. The molecule has 0 aliphatic heterocycles. The molecule has 0 radical (unpaired) electrons. The van der Waals surface area contributed by atoms with E-state index in [1.165, 1.54) is 7.11 Å². The van der Waals surface area contributed by atoms with Crippen molar-refractivity contribution >= 4 is 5.97 Å². The van der Waals surface area contributed by atoms with Crippen LogP contribution in [0.2, 0.25) is 0 Å². The summed E-state index contributed by atoms with van der Waals surface area (Å²) in [6.07, 6.45) is 1.90. The zero-order valence-electron chi connectivity index (χ0n) is 14.1. The van der Waals surface area contributed by atoms with Crippen LogP contribution in [0.1, 0.15) is 50.3 Å². The van der Waals surface area contributed by atoms with Crippen LogP contribution < -0.4 is 0 Å². The number of hydrogen-bond acceptors (Lipinski definition) is 5. The molecular weight excluding hydrogens is 284 g/mol. The summed E-state index contributed by atoms with van der Waals surface area (Å²) in [6, 6.07) is 3.38. The van der Waals surface area contributed by atoms with E-state index in [9.17, 15) is 9.90 Å². The third-order valence-electron chi connectivity index (χ3n) is 3.37. The Morgan fingerprint density at radius 3 is 1.95 bits per heavy atom. The summed E-state index contributed by atoms with van der Waals surface area (Å²) in [6.45, 7) is 7.30. The SMILES string of the molecule is CCCC(C)(C)C(=O)OC.Cc1cc(CO)c(O)c(CO)c1. The third kappa shape index (κ3) is 6.03. The minimum absolute atomic E-state index is 0.00870. The molecule has 0 spiro atoms. The quantitative estimate of drug-likeness (QED) is 0.728. The van der Waals surface area contributed by atoms with Gasteiger partial charge in [-0.15, -0.1) is 0 Å². The summed E-state index contributed by atoms with van der Waals surface area (Å²) in [4.78, 5) is 11.0. The standard InChI is InChI=1S/C9H12O3.C8H16O2/c1-6-2-7(4-10)9(12)8(3-6)5-11;1-5-6-8(2,3)7(9)10-4/h2-3,10-12H,4-5H2,1H3;5-6H2,1-4H3. The van der Waals surface area contributed by atoms with Gasteiger partial charge < -0.3 is 20.1 Å². The first-order valence-corrected chi connectivity index (χ1v) is 7.35. The molecule has 5 heteroatoms. The van der Waals surface area contributed by atoms with Gasteiger partial charge in [0, 0.05) is 11.1 Å². The maximum atomic E-state index is 11.0. The molecule has 126 valence electrons. The predicted molar refractivity (Wildman–Crippen MR) is 85.4 cm³/mol. The molecule has 1 rings (SSSR count). The minimum atomic E-state index is -0.302. The highest BCUT2D eigenvalue weighted by Crippen LogP contribution is 2.24. The fourth-order valence-corrected chi connectivity index (χ4v) is 2.18. The molecule has 0 aliphatic carbocycles. The Balaban J connectivity index is 0.000000409. The first-order valence-electron chi connectivity index (χ1n) is 7.35. The highest BCUT2D eigenvalue weighted by molar-refractivity contribution is 5.75. The van der Waals surface area contributed by atoms with Crippen molar-refractivity contribution in [3.05, 3.63) is 28.8 Å². The molecular formula is C17H28O5. The number of rotatable bonds is 5. The molecule has 0 unspecified atom stereocenters. The van der Waals surface area contributed by atoms with E-state index in [0.717, 1.165) is 18.4 Å². The van der Waals surface area contributed by atoms with Crippen molar-refractivity contribution in [1.82, 2.24) is 0 Å². The monoisotopic (exact) mass is 312 g/mol. The fourth-order valence-electron chi connectivity index (χ4n) is 2.18. The number of aliphatic hydroxyl groups excluding tert-OH is 2. The van der Waals surface area contributed by atoms with Crippen molar-refractivity contribution in [3.63, 3.8) is 0 Å². The summed E-state index contributed by atoms with van der Waals surface area (Å²) >= 11 is 0. The number of aliphatic hydroxyl groups is 2. The zero-order chi connectivity index (χ0) is 17.3. The largest absolute Gasteiger partial charge is 0.507 e. The topological polar surface area (TPSA) is 87.0 Å². The van der Waals surface area contributed by atoms with Crippen LogP contribution in [0.4, 0.5) is 0 Å². The van der Waals surface area contributed by atoms with Gasteiger partial charge in [0.15, 0.2) is 0 Å². The van der Waals surface area contributed by atoms with Crippen LogP contribution in [-0.4, -0.2) is 28.4 Å². The predicted octanol–water partition coefficient (Wildman–Crippen LogP) is 2.67. The highest BCUT2D eigenvalue weighted by atomic mass is 16.5. The van der Waals surface area contributed by atoms with Gasteiger partial charge in [-0.2, -0.15) is 0 Å². The Morgan fingerprint density at radius 2 is 1.64 bits per heavy atom. The van der Waals surface area contributed by atoms with Gasteiger partial charge in [0.1, 0.15) is 5.75 Å². The van der Waals surface area contributed by atoms with Crippen LogP contribution in [0.25, 0.3) is 0 Å². The number of esters is 1. The molecule has 0 aliphatic rings. The van der Waals surface area contributed by atoms with Gasteiger partial charge in [0.25, 0.3) is 0 Å². The second-order valence-corrected chi connectivity index (χ2v) is 5.87. The van der Waals surface area contributed by atoms with E-state index < -0.39 is 0 Å². The zero-order valence-corrected chi connectivity index (χ0v) is 14.1. The van der Waals surface area contributed by atoms with Gasteiger partial charge in [0.2, 0.25) is 0 Å². The van der Waals surface area contributed by atoms with Crippen LogP contribution >= 0.6 is 0 Å². The van der Waals surface area contributed by atoms with E-state index in [-0.39, 0.29) is 30.3 Å². The average molecular weight is 312 g/mol. The minimum Gasteiger partial charge on any atom is -0.507 e. The lowest BCUT2D eigenvalue weighted by Crippen LogP contribution is -2.25. The number of aromatic hydroxyl groups is 1. The van der Waals surface area contributed by atoms with E-state index in [1.807, 2.05) is 20.8 Å². The van der Waals surface area contributed by atoms with Crippen molar-refractivity contribution in [1.29, 1.82) is 0 Å². The van der Waals surface area contributed by atoms with E-state index in [0.29, 0.717) is 11.1 Å². The number of hydrogen-bond donors (Lipinski definition) is 3. The maximum Gasteiger partial charge on any atom is 0.311 e. The van der Waals surface area contributed by atoms with Crippen molar-refractivity contribution in [3.8, 4) is 5.75 Å². The van der Waals surface area contributed by atoms with E-state index in [2.05, 4.69) is 11.7 Å². The Morgan fingerprint density at radius 1 is 1.18 bits per heavy atom. The van der Waals surface area contributed by atoms with E-state index in [1.54, 1.807) is 12.1 Å². The van der Waals surface area contributed by atoms with Crippen LogP contribution in [0.3, 0.4) is 0 Å². The first kappa shape index (κ1) is 20.4. The third-order valence-corrected chi connectivity index (χ3v) is 3.37. The van der Waals surface area contributed by atoms with E-state index >= 15 is 0 Å². The summed E-state index contributed by atoms with van der Waals surface area (Å²) in [5.74, 6) is -0.125. The molecule has 0 atom stereocenters. The highest BCUT2D eigenvalue weighted by Gasteiger charge is 2.26. The second-order valence-electron chi connectivity index (χ2n) is 5.87. The van der Waals surface area contributed by atoms with Crippen LogP contribution in [0, 0.1) is 12.3 Å². The Bertz CT molecular complexity index is 455. The molecule has 0 saturated heterocycles. The van der Waals surface area contributed by atoms with Gasteiger partial charge in [-0.25, -0.2) is 0 Å². The lowest BCUT2D eigenvalue weighted by molar-refractivity contribution is -0.151. The Labute approximate surface area is 132 Å². The summed E-state index contributed by atoms with van der Waals surface area (Å²) in [5, 5.41) is 27.0. The maximum absolute atomic E-state index is 11.0. The molecule has 0 fully saturated rings. The molecule has 3 N–H and O–H groups in total. The number of methoxy groups -OCH3 is 1. The van der Waals surface area contributed by atoms with Crippen LogP contribution in [-0.2, 0) is 22.7 Å². The molecule has 0 heterocycles. The number of ether oxygens (including phenoxy) is 1. The van der Waals surface area contributed by atoms with Crippen molar-refractivity contribution in [2.24, 2.45) is 5.41 Å². The van der Waals surface area contributed by atoms with Crippen LogP contribution in [0.15, 0.2) is 12.1 Å². The van der Waals surface area contributed by atoms with Gasteiger partial charge in [-0.05, 0) is 27.2 Å². The molecule has 0 bridgehead atoms. The molecule has 1 aromatic rings. The fraction of sp³-hybridized carbons (Fsp3) is 0.588. The number of carbonyl (C=O) groups excluding carboxylic acids is 1. The van der Waals surface area contributed by atoms with Crippen molar-refractivity contribution in [2.75, 3.05) is 7.11 Å². The van der Waals surface area contributed by atoms with Crippen LogP contribution in [0.5, 0.6) is 5.75 Å². The molecule has 0 saturated carbocycles. The second kappa shape index (κ2) is 9.43. The lowest BCUT2D eigenvalue weighted by atomic mass is 9.88. The average Bonchev–Trinajstić information content (AvgIpc) is 2.48. The van der Waals surface area contributed by atoms with Gasteiger partial charge in [-0.1, -0.05) is 31.0 Å². The number of benzene rings is 1. The van der Waals surface area contributed by atoms with Crippen molar-refractivity contribution < 1.29 is 24.9 Å². The Hall–Kier alpha value is -1.59. The Kier molecular flexibility index (Phi) is 8.75. The number of aryl methyl sites for hydroxylation is 1. The molecule has 22 heavy (non-hydrogen) atoms. The lowest BCUT2D eigenvalue weighted by Gasteiger charge is -2.19. The van der Waals surface area contributed by atoms with Gasteiger partial charge >= 0.3 is 5.97 Å². The van der Waals surface area contributed by atoms with Gasteiger partial charge in [0.05, 0.1) is 25.7 Å². The summed E-state index contributed by atoms with van der Waals surface area (Å²) in [7, 11) is 1.43.